The van der Waals surface area contributed by atoms with E-state index in [0.29, 0.717) is 0 Å². The molecule has 0 heterocycles. The van der Waals surface area contributed by atoms with E-state index in [2.05, 4.69) is 4.52 Å². The van der Waals surface area contributed by atoms with Gasteiger partial charge in [-0.05, 0) is 11.2 Å². The Morgan fingerprint density at radius 2 is 2.43 bits per heavy atom. The summed E-state index contributed by atoms with van der Waals surface area (Å²) in [6.45, 7) is -3.38. The first-order chi connectivity index (χ1) is 3.12. The van der Waals surface area contributed by atoms with Crippen LogP contribution in [0.5, 0.6) is 0 Å². The molecule has 40 valence electrons. The molecule has 3 nitrogen and oxygen atoms in total. The molecule has 0 aromatic rings. The Morgan fingerprint density at radius 3 is 2.43 bits per heavy atom. The van der Waals surface area contributed by atoms with Crippen LogP contribution in [0.3, 0.4) is 0 Å². The van der Waals surface area contributed by atoms with Crippen LogP contribution in [0.25, 0.3) is 0 Å². The molecular weight excluding hydrogens is 136 g/mol. The molecule has 0 aromatic carbocycles. The first-order valence-electron chi connectivity index (χ1n) is 1.39. The average molecular weight is 139 g/mol. The van der Waals surface area contributed by atoms with E-state index >= 15 is 0 Å². The summed E-state index contributed by atoms with van der Waals surface area (Å²) >= 11 is 4.88. The van der Waals surface area contributed by atoms with Crippen molar-refractivity contribution >= 4 is 18.0 Å². The Morgan fingerprint density at radius 1 is 2.00 bits per heavy atom. The molecule has 5 heteroatoms. The molecule has 0 bridgehead atoms. The van der Waals surface area contributed by atoms with Crippen molar-refractivity contribution < 1.29 is 9.09 Å². The summed E-state index contributed by atoms with van der Waals surface area (Å²) in [4.78, 5) is 0. The minimum Gasteiger partial charge on any atom is -0.311 e. The quantitative estimate of drug-likeness (QED) is 0.518. The molecule has 0 fully saturated rings. The van der Waals surface area contributed by atoms with Gasteiger partial charge in [0.2, 0.25) is 0 Å². The highest BCUT2D eigenvalue weighted by Gasteiger charge is 2.13. The van der Waals surface area contributed by atoms with Crippen LogP contribution in [0.15, 0.2) is 0 Å². The fourth-order valence-electron chi connectivity index (χ4n) is 0.0408. The third-order valence-electron chi connectivity index (χ3n) is 0.354. The Balaban J connectivity index is 3.94. The highest BCUT2D eigenvalue weighted by Crippen LogP contribution is 2.49. The van der Waals surface area contributed by atoms with E-state index in [0.717, 1.165) is 7.11 Å². The number of hydrogen-bond donors (Lipinski definition) is 0. The Labute approximate surface area is 46.1 Å². The second-order valence-electron chi connectivity index (χ2n) is 0.762. The maximum Gasteiger partial charge on any atom is 0.387 e. The van der Waals surface area contributed by atoms with Gasteiger partial charge in [-0.3, -0.25) is 4.57 Å². The molecule has 0 aromatic heterocycles. The molecule has 0 aliphatic carbocycles. The summed E-state index contributed by atoms with van der Waals surface area (Å²) in [5.74, 6) is 1.29. The monoisotopic (exact) mass is 139 g/mol. The molecule has 0 amide bonds. The van der Waals surface area contributed by atoms with Gasteiger partial charge in [0.05, 0.1) is 0 Å². The molecule has 7 heavy (non-hydrogen) atoms. The predicted molar refractivity (Wildman–Crippen MR) is 26.1 cm³/mol. The standard InChI is InChI=1S/C2H3ClNO2P/c1-6-7(3,5)2-4/h1H3. The maximum absolute atomic E-state index is 10.1. The molecule has 0 N–H and O–H groups in total. The van der Waals surface area contributed by atoms with Crippen molar-refractivity contribution in [2.24, 2.45) is 0 Å². The smallest absolute Gasteiger partial charge is 0.311 e. The van der Waals surface area contributed by atoms with E-state index in [4.69, 9.17) is 16.5 Å². The van der Waals surface area contributed by atoms with Gasteiger partial charge in [0.15, 0.2) is 5.81 Å². The van der Waals surface area contributed by atoms with Crippen molar-refractivity contribution in [3.8, 4) is 5.81 Å². The van der Waals surface area contributed by atoms with Gasteiger partial charge < -0.3 is 4.52 Å². The van der Waals surface area contributed by atoms with Crippen molar-refractivity contribution in [3.63, 3.8) is 0 Å². The molecule has 0 saturated heterocycles. The molecule has 0 rings (SSSR count). The third-order valence-corrected chi connectivity index (χ3v) is 1.70. The van der Waals surface area contributed by atoms with E-state index in [9.17, 15) is 4.57 Å². The normalized spacial score (nSPS) is 17.3. The van der Waals surface area contributed by atoms with Crippen molar-refractivity contribution in [1.29, 1.82) is 5.26 Å². The first kappa shape index (κ1) is 6.97. The van der Waals surface area contributed by atoms with Crippen LogP contribution in [0.1, 0.15) is 0 Å². The van der Waals surface area contributed by atoms with E-state index < -0.39 is 6.72 Å². The topological polar surface area (TPSA) is 50.1 Å². The zero-order chi connectivity index (χ0) is 5.91. The van der Waals surface area contributed by atoms with Crippen LogP contribution < -0.4 is 0 Å². The second kappa shape index (κ2) is 2.32. The molecule has 0 saturated carbocycles. The second-order valence-corrected chi connectivity index (χ2v) is 3.62. The van der Waals surface area contributed by atoms with Gasteiger partial charge in [0.1, 0.15) is 0 Å². The molecule has 0 aliphatic heterocycles. The van der Waals surface area contributed by atoms with Crippen LogP contribution in [-0.2, 0) is 9.09 Å². The minimum atomic E-state index is -3.38. The Bertz CT molecular complexity index is 139. The zero-order valence-electron chi connectivity index (χ0n) is 3.59. The van der Waals surface area contributed by atoms with E-state index in [1.54, 1.807) is 0 Å². The van der Waals surface area contributed by atoms with E-state index in [1.165, 1.54) is 5.81 Å². The van der Waals surface area contributed by atoms with Crippen molar-refractivity contribution in [3.05, 3.63) is 0 Å². The third kappa shape index (κ3) is 2.64. The van der Waals surface area contributed by atoms with Gasteiger partial charge >= 0.3 is 6.72 Å². The summed E-state index contributed by atoms with van der Waals surface area (Å²) in [7, 11) is 1.12. The van der Waals surface area contributed by atoms with Crippen molar-refractivity contribution in [2.75, 3.05) is 7.11 Å². The Kier molecular flexibility index (Phi) is 2.31. The van der Waals surface area contributed by atoms with E-state index in [1.807, 2.05) is 0 Å². The average Bonchev–Trinajstić information content (AvgIpc) is 1.68. The summed E-state index contributed by atoms with van der Waals surface area (Å²) in [6, 6.07) is 0. The summed E-state index contributed by atoms with van der Waals surface area (Å²) < 4.78 is 14.2. The van der Waals surface area contributed by atoms with Gasteiger partial charge in [-0.25, -0.2) is 0 Å². The predicted octanol–water partition coefficient (Wildman–Crippen LogP) is 1.55. The van der Waals surface area contributed by atoms with Gasteiger partial charge in [-0.2, -0.15) is 5.26 Å². The number of hydrogen-bond acceptors (Lipinski definition) is 3. The SMILES string of the molecule is COP(=O)(Cl)C#N. The number of nitriles is 1. The largest absolute Gasteiger partial charge is 0.387 e. The molecular formula is C2H3ClNO2P. The lowest BCUT2D eigenvalue weighted by Crippen LogP contribution is -1.66. The summed E-state index contributed by atoms with van der Waals surface area (Å²) in [5.41, 5.74) is 0. The molecule has 0 aliphatic rings. The molecule has 1 unspecified atom stereocenters. The highest BCUT2D eigenvalue weighted by molar-refractivity contribution is 7.89. The van der Waals surface area contributed by atoms with Crippen molar-refractivity contribution in [2.45, 2.75) is 0 Å². The van der Waals surface area contributed by atoms with Gasteiger partial charge in [-0.15, -0.1) is 0 Å². The number of halogens is 1. The number of rotatable bonds is 1. The lowest BCUT2D eigenvalue weighted by molar-refractivity contribution is 0.417. The van der Waals surface area contributed by atoms with Crippen LogP contribution in [-0.4, -0.2) is 7.11 Å². The highest BCUT2D eigenvalue weighted by atomic mass is 35.7. The van der Waals surface area contributed by atoms with Gasteiger partial charge in [-0.1, -0.05) is 0 Å². The van der Waals surface area contributed by atoms with E-state index in [-0.39, 0.29) is 0 Å². The van der Waals surface area contributed by atoms with Crippen LogP contribution >= 0.6 is 18.0 Å². The fourth-order valence-corrected chi connectivity index (χ4v) is 0.122. The minimum absolute atomic E-state index is 1.12. The lowest BCUT2D eigenvalue weighted by atomic mass is 11.8. The summed E-state index contributed by atoms with van der Waals surface area (Å²) in [6.07, 6.45) is 0. The lowest BCUT2D eigenvalue weighted by Gasteiger charge is -1.90. The number of nitrogens with zero attached hydrogens (tertiary/aromatic N) is 1. The maximum atomic E-state index is 10.1. The summed E-state index contributed by atoms with van der Waals surface area (Å²) in [5, 5.41) is 7.82. The van der Waals surface area contributed by atoms with Crippen LogP contribution in [0.4, 0.5) is 0 Å². The van der Waals surface area contributed by atoms with Crippen LogP contribution in [0.2, 0.25) is 0 Å². The zero-order valence-corrected chi connectivity index (χ0v) is 5.24. The molecule has 1 atom stereocenters. The molecule has 0 spiro atoms. The van der Waals surface area contributed by atoms with Crippen LogP contribution in [0, 0.1) is 11.1 Å². The molecule has 0 radical (unpaired) electrons. The first-order valence-corrected chi connectivity index (χ1v) is 3.92. The van der Waals surface area contributed by atoms with Gasteiger partial charge in [0.25, 0.3) is 0 Å². The van der Waals surface area contributed by atoms with Gasteiger partial charge in [0, 0.05) is 7.11 Å². The Hall–Kier alpha value is -0.0300. The van der Waals surface area contributed by atoms with Crippen molar-refractivity contribution in [1.82, 2.24) is 0 Å². The fraction of sp³-hybridized carbons (Fsp3) is 0.500.